The standard InChI is InChI=1S/C4H6BrF3/c1-3(2-5)4(6,7)8/h3H,2H2,1H3. The van der Waals surface area contributed by atoms with E-state index in [-0.39, 0.29) is 5.33 Å². The summed E-state index contributed by atoms with van der Waals surface area (Å²) in [5.41, 5.74) is 0. The maximum Gasteiger partial charge on any atom is 0.392 e. The Morgan fingerprint density at radius 2 is 1.88 bits per heavy atom. The van der Waals surface area contributed by atoms with E-state index < -0.39 is 12.1 Å². The van der Waals surface area contributed by atoms with Crippen LogP contribution < -0.4 is 0 Å². The highest BCUT2D eigenvalue weighted by molar-refractivity contribution is 9.09. The third-order valence-corrected chi connectivity index (χ3v) is 1.76. The molecule has 0 heterocycles. The molecule has 0 radical (unpaired) electrons. The Morgan fingerprint density at radius 3 is 1.88 bits per heavy atom. The van der Waals surface area contributed by atoms with E-state index in [9.17, 15) is 13.2 Å². The lowest BCUT2D eigenvalue weighted by Crippen LogP contribution is -2.20. The van der Waals surface area contributed by atoms with Gasteiger partial charge in [0.15, 0.2) is 0 Å². The van der Waals surface area contributed by atoms with Gasteiger partial charge in [0.25, 0.3) is 0 Å². The summed E-state index contributed by atoms with van der Waals surface area (Å²) < 4.78 is 34.3. The summed E-state index contributed by atoms with van der Waals surface area (Å²) in [6, 6.07) is 0. The van der Waals surface area contributed by atoms with E-state index in [1.807, 2.05) is 0 Å². The summed E-state index contributed by atoms with van der Waals surface area (Å²) in [6.45, 7) is 1.13. The molecule has 1 unspecified atom stereocenters. The van der Waals surface area contributed by atoms with Crippen molar-refractivity contribution in [3.8, 4) is 0 Å². The molecule has 4 heteroatoms. The maximum atomic E-state index is 11.4. The van der Waals surface area contributed by atoms with Crippen molar-refractivity contribution in [2.45, 2.75) is 13.1 Å². The van der Waals surface area contributed by atoms with Crippen molar-refractivity contribution >= 4 is 15.9 Å². The molecular formula is C4H6BrF3. The van der Waals surface area contributed by atoms with Gasteiger partial charge in [-0.1, -0.05) is 22.9 Å². The van der Waals surface area contributed by atoms with E-state index in [0.29, 0.717) is 0 Å². The van der Waals surface area contributed by atoms with Gasteiger partial charge in [-0.3, -0.25) is 0 Å². The summed E-state index contributed by atoms with van der Waals surface area (Å²) in [5, 5.41) is -0.0174. The van der Waals surface area contributed by atoms with E-state index in [4.69, 9.17) is 0 Å². The monoisotopic (exact) mass is 190 g/mol. The lowest BCUT2D eigenvalue weighted by Gasteiger charge is -2.10. The summed E-state index contributed by atoms with van der Waals surface area (Å²) in [7, 11) is 0. The highest BCUT2D eigenvalue weighted by atomic mass is 79.9. The average molecular weight is 191 g/mol. The largest absolute Gasteiger partial charge is 0.392 e. The molecule has 0 aromatic rings. The van der Waals surface area contributed by atoms with Crippen LogP contribution in [0.3, 0.4) is 0 Å². The molecule has 0 aromatic heterocycles. The molecule has 0 bridgehead atoms. The molecule has 50 valence electrons. The van der Waals surface area contributed by atoms with Gasteiger partial charge in [0, 0.05) is 5.33 Å². The first-order valence-electron chi connectivity index (χ1n) is 2.11. The number of alkyl halides is 4. The highest BCUT2D eigenvalue weighted by Gasteiger charge is 2.34. The van der Waals surface area contributed by atoms with Crippen molar-refractivity contribution in [1.29, 1.82) is 0 Å². The Morgan fingerprint density at radius 1 is 1.50 bits per heavy atom. The minimum Gasteiger partial charge on any atom is -0.171 e. The molecule has 0 rings (SSSR count). The van der Waals surface area contributed by atoms with Gasteiger partial charge in [-0.25, -0.2) is 0 Å². The van der Waals surface area contributed by atoms with Crippen LogP contribution in [0.2, 0.25) is 0 Å². The number of hydrogen-bond donors (Lipinski definition) is 0. The first-order valence-corrected chi connectivity index (χ1v) is 3.23. The minimum absolute atomic E-state index is 0.0174. The van der Waals surface area contributed by atoms with Crippen LogP contribution in [0.4, 0.5) is 13.2 Å². The van der Waals surface area contributed by atoms with Crippen LogP contribution in [0.5, 0.6) is 0 Å². The minimum atomic E-state index is -4.04. The van der Waals surface area contributed by atoms with Gasteiger partial charge in [-0.15, -0.1) is 0 Å². The molecule has 0 amide bonds. The smallest absolute Gasteiger partial charge is 0.171 e. The third-order valence-electron chi connectivity index (χ3n) is 0.790. The molecule has 0 aromatic carbocycles. The highest BCUT2D eigenvalue weighted by Crippen LogP contribution is 2.26. The van der Waals surface area contributed by atoms with Crippen LogP contribution in [-0.2, 0) is 0 Å². The third kappa shape index (κ3) is 2.55. The zero-order valence-corrected chi connectivity index (χ0v) is 5.88. The van der Waals surface area contributed by atoms with E-state index >= 15 is 0 Å². The van der Waals surface area contributed by atoms with Gasteiger partial charge in [-0.2, -0.15) is 13.2 Å². The Hall–Kier alpha value is 0.270. The zero-order chi connectivity index (χ0) is 6.78. The lowest BCUT2D eigenvalue weighted by molar-refractivity contribution is -0.162. The van der Waals surface area contributed by atoms with Gasteiger partial charge < -0.3 is 0 Å². The quantitative estimate of drug-likeness (QED) is 0.558. The molecule has 0 aliphatic heterocycles. The second-order valence-corrected chi connectivity index (χ2v) is 2.24. The fourth-order valence-corrected chi connectivity index (χ4v) is 0.455. The summed E-state index contributed by atoms with van der Waals surface area (Å²) >= 11 is 2.73. The van der Waals surface area contributed by atoms with Crippen molar-refractivity contribution < 1.29 is 13.2 Å². The van der Waals surface area contributed by atoms with Gasteiger partial charge in [-0.05, 0) is 0 Å². The van der Waals surface area contributed by atoms with E-state index in [0.717, 1.165) is 6.92 Å². The van der Waals surface area contributed by atoms with Crippen LogP contribution >= 0.6 is 15.9 Å². The van der Waals surface area contributed by atoms with Crippen molar-refractivity contribution in [1.82, 2.24) is 0 Å². The molecule has 0 saturated carbocycles. The predicted molar refractivity (Wildman–Crippen MR) is 29.0 cm³/mol. The summed E-state index contributed by atoms with van der Waals surface area (Å²) in [5.74, 6) is -1.23. The predicted octanol–water partition coefficient (Wildman–Crippen LogP) is 2.58. The number of hydrogen-bond acceptors (Lipinski definition) is 0. The normalized spacial score (nSPS) is 16.1. The number of rotatable bonds is 1. The van der Waals surface area contributed by atoms with E-state index in [2.05, 4.69) is 15.9 Å². The van der Waals surface area contributed by atoms with Crippen molar-refractivity contribution in [3.05, 3.63) is 0 Å². The Labute approximate surface area is 54.2 Å². The van der Waals surface area contributed by atoms with Crippen LogP contribution in [0.25, 0.3) is 0 Å². The van der Waals surface area contributed by atoms with Gasteiger partial charge in [0.1, 0.15) is 0 Å². The molecule has 0 aliphatic rings. The fourth-order valence-electron chi connectivity index (χ4n) is 0.0875. The van der Waals surface area contributed by atoms with Crippen LogP contribution in [-0.4, -0.2) is 11.5 Å². The average Bonchev–Trinajstić information content (AvgIpc) is 1.62. The van der Waals surface area contributed by atoms with Gasteiger partial charge >= 0.3 is 6.18 Å². The molecular weight excluding hydrogens is 185 g/mol. The lowest BCUT2D eigenvalue weighted by atomic mass is 10.2. The summed E-state index contributed by atoms with van der Waals surface area (Å²) in [6.07, 6.45) is -4.04. The molecule has 0 spiro atoms. The number of halogens is 4. The molecule has 0 fully saturated rings. The van der Waals surface area contributed by atoms with Gasteiger partial charge in [0.05, 0.1) is 5.92 Å². The topological polar surface area (TPSA) is 0 Å². The first-order chi connectivity index (χ1) is 3.48. The van der Waals surface area contributed by atoms with Crippen molar-refractivity contribution in [2.75, 3.05) is 5.33 Å². The molecule has 0 saturated heterocycles. The van der Waals surface area contributed by atoms with Crippen LogP contribution in [0, 0.1) is 5.92 Å². The van der Waals surface area contributed by atoms with Crippen LogP contribution in [0.15, 0.2) is 0 Å². The zero-order valence-electron chi connectivity index (χ0n) is 4.30. The van der Waals surface area contributed by atoms with Gasteiger partial charge in [0.2, 0.25) is 0 Å². The molecule has 8 heavy (non-hydrogen) atoms. The SMILES string of the molecule is CC(CBr)C(F)(F)F. The second-order valence-electron chi connectivity index (χ2n) is 1.60. The molecule has 0 aliphatic carbocycles. The first kappa shape index (κ1) is 8.27. The van der Waals surface area contributed by atoms with Crippen molar-refractivity contribution in [3.63, 3.8) is 0 Å². The Balaban J connectivity index is 3.62. The molecule has 0 N–H and O–H groups in total. The van der Waals surface area contributed by atoms with Crippen LogP contribution in [0.1, 0.15) is 6.92 Å². The Bertz CT molecular complexity index is 68.2. The maximum absolute atomic E-state index is 11.4. The molecule has 1 atom stereocenters. The fraction of sp³-hybridized carbons (Fsp3) is 1.00. The second kappa shape index (κ2) is 2.71. The summed E-state index contributed by atoms with van der Waals surface area (Å²) in [4.78, 5) is 0. The molecule has 0 nitrogen and oxygen atoms in total. The van der Waals surface area contributed by atoms with E-state index in [1.165, 1.54) is 0 Å². The van der Waals surface area contributed by atoms with Crippen molar-refractivity contribution in [2.24, 2.45) is 5.92 Å². The van der Waals surface area contributed by atoms with E-state index in [1.54, 1.807) is 0 Å². The Kier molecular flexibility index (Phi) is 2.80.